The molecule has 0 saturated carbocycles. The first-order valence-corrected chi connectivity index (χ1v) is 7.45. The number of nitrogens with zero attached hydrogens (tertiary/aromatic N) is 3. The monoisotopic (exact) mass is 324 g/mol. The fraction of sp³-hybridized carbons (Fsp3) is 0.176. The number of aromatic nitrogens is 3. The predicted molar refractivity (Wildman–Crippen MR) is 88.1 cm³/mol. The van der Waals surface area contributed by atoms with Gasteiger partial charge in [-0.15, -0.1) is 0 Å². The third-order valence-electron chi connectivity index (χ3n) is 3.57. The molecule has 1 aromatic carbocycles. The van der Waals surface area contributed by atoms with Crippen molar-refractivity contribution < 1.29 is 14.3 Å². The van der Waals surface area contributed by atoms with Crippen LogP contribution in [0.3, 0.4) is 0 Å². The van der Waals surface area contributed by atoms with E-state index in [4.69, 9.17) is 0 Å². The molecule has 2 aromatic heterocycles. The Kier molecular flexibility index (Phi) is 4.24. The second-order valence-electron chi connectivity index (χ2n) is 5.11. The molecule has 2 heterocycles. The number of ether oxygens (including phenoxy) is 1. The Morgan fingerprint density at radius 2 is 2.08 bits per heavy atom. The van der Waals surface area contributed by atoms with Crippen LogP contribution in [0.1, 0.15) is 33.5 Å². The number of hydrogen-bond acceptors (Lipinski definition) is 5. The molecule has 0 fully saturated rings. The lowest BCUT2D eigenvalue weighted by Crippen LogP contribution is -2.16. The number of fused-ring (bicyclic) bond motifs is 1. The molecule has 0 aliphatic carbocycles. The molecule has 0 aliphatic rings. The third kappa shape index (κ3) is 2.96. The van der Waals surface area contributed by atoms with Crippen LogP contribution in [0.15, 0.2) is 42.6 Å². The van der Waals surface area contributed by atoms with Crippen molar-refractivity contribution >= 4 is 23.2 Å². The second kappa shape index (κ2) is 6.49. The van der Waals surface area contributed by atoms with E-state index in [1.807, 2.05) is 6.92 Å². The molecule has 1 amide bonds. The number of benzene rings is 1. The smallest absolute Gasteiger partial charge is 0.337 e. The number of carbonyl (C=O) groups is 2. The molecule has 122 valence electrons. The highest BCUT2D eigenvalue weighted by Gasteiger charge is 2.13. The van der Waals surface area contributed by atoms with E-state index in [1.54, 1.807) is 47.1 Å². The van der Waals surface area contributed by atoms with Gasteiger partial charge in [-0.2, -0.15) is 5.10 Å². The highest BCUT2D eigenvalue weighted by molar-refractivity contribution is 6.03. The minimum absolute atomic E-state index is 0.295. The Morgan fingerprint density at radius 3 is 2.83 bits per heavy atom. The summed E-state index contributed by atoms with van der Waals surface area (Å²) in [5, 5.41) is 6.93. The van der Waals surface area contributed by atoms with Gasteiger partial charge in [-0.25, -0.2) is 14.3 Å². The van der Waals surface area contributed by atoms with Crippen molar-refractivity contribution in [1.29, 1.82) is 0 Å². The summed E-state index contributed by atoms with van der Waals surface area (Å²) in [6.07, 6.45) is 2.36. The SMILES string of the molecule is CCc1cc(C(=O)Nc2cccc(C(=O)OC)c2)nc2ccnn12. The fourth-order valence-corrected chi connectivity index (χ4v) is 2.38. The minimum Gasteiger partial charge on any atom is -0.465 e. The zero-order valence-corrected chi connectivity index (χ0v) is 13.3. The van der Waals surface area contributed by atoms with E-state index < -0.39 is 5.97 Å². The van der Waals surface area contributed by atoms with Crippen molar-refractivity contribution in [3.8, 4) is 0 Å². The van der Waals surface area contributed by atoms with Crippen LogP contribution < -0.4 is 5.32 Å². The van der Waals surface area contributed by atoms with Gasteiger partial charge in [-0.1, -0.05) is 13.0 Å². The van der Waals surface area contributed by atoms with Crippen LogP contribution >= 0.6 is 0 Å². The van der Waals surface area contributed by atoms with E-state index >= 15 is 0 Å². The van der Waals surface area contributed by atoms with Gasteiger partial charge in [-0.05, 0) is 30.7 Å². The molecule has 0 unspecified atom stereocenters. The number of esters is 1. The summed E-state index contributed by atoms with van der Waals surface area (Å²) >= 11 is 0. The zero-order chi connectivity index (χ0) is 17.1. The van der Waals surface area contributed by atoms with Gasteiger partial charge in [0.2, 0.25) is 0 Å². The summed E-state index contributed by atoms with van der Waals surface area (Å²) < 4.78 is 6.38. The predicted octanol–water partition coefficient (Wildman–Crippen LogP) is 2.33. The molecule has 0 radical (unpaired) electrons. The van der Waals surface area contributed by atoms with Gasteiger partial charge in [-0.3, -0.25) is 4.79 Å². The quantitative estimate of drug-likeness (QED) is 0.744. The molecular formula is C17H16N4O3. The van der Waals surface area contributed by atoms with E-state index in [0.29, 0.717) is 22.6 Å². The first-order chi connectivity index (χ1) is 11.6. The van der Waals surface area contributed by atoms with E-state index in [-0.39, 0.29) is 5.91 Å². The maximum absolute atomic E-state index is 12.5. The summed E-state index contributed by atoms with van der Waals surface area (Å²) in [4.78, 5) is 28.4. The highest BCUT2D eigenvalue weighted by Crippen LogP contribution is 2.14. The lowest BCUT2D eigenvalue weighted by atomic mass is 10.2. The van der Waals surface area contributed by atoms with Gasteiger partial charge >= 0.3 is 5.97 Å². The van der Waals surface area contributed by atoms with E-state index in [9.17, 15) is 9.59 Å². The normalized spacial score (nSPS) is 10.6. The van der Waals surface area contributed by atoms with Crippen LogP contribution in [0.2, 0.25) is 0 Å². The molecule has 0 atom stereocenters. The molecule has 0 spiro atoms. The third-order valence-corrected chi connectivity index (χ3v) is 3.57. The summed E-state index contributed by atoms with van der Waals surface area (Å²) in [6.45, 7) is 1.98. The topological polar surface area (TPSA) is 85.6 Å². The van der Waals surface area contributed by atoms with Gasteiger partial charge in [0.25, 0.3) is 5.91 Å². The van der Waals surface area contributed by atoms with Gasteiger partial charge < -0.3 is 10.1 Å². The number of anilines is 1. The molecule has 3 rings (SSSR count). The average Bonchev–Trinajstić information content (AvgIpc) is 3.09. The lowest BCUT2D eigenvalue weighted by Gasteiger charge is -2.08. The van der Waals surface area contributed by atoms with Crippen molar-refractivity contribution in [2.24, 2.45) is 0 Å². The first kappa shape index (κ1) is 15.7. The number of nitrogens with one attached hydrogen (secondary N) is 1. The Morgan fingerprint density at radius 1 is 1.25 bits per heavy atom. The Hall–Kier alpha value is -3.22. The molecule has 7 nitrogen and oxygen atoms in total. The number of rotatable bonds is 4. The number of methoxy groups -OCH3 is 1. The van der Waals surface area contributed by atoms with Crippen LogP contribution in [-0.2, 0) is 11.2 Å². The van der Waals surface area contributed by atoms with Crippen molar-refractivity contribution in [3.05, 3.63) is 59.5 Å². The largest absolute Gasteiger partial charge is 0.465 e. The fourth-order valence-electron chi connectivity index (χ4n) is 2.38. The van der Waals surface area contributed by atoms with Crippen LogP contribution in [0, 0.1) is 0 Å². The lowest BCUT2D eigenvalue weighted by molar-refractivity contribution is 0.0600. The number of aryl methyl sites for hydroxylation is 1. The van der Waals surface area contributed by atoms with Crippen molar-refractivity contribution in [2.75, 3.05) is 12.4 Å². The second-order valence-corrected chi connectivity index (χ2v) is 5.11. The molecule has 0 aliphatic heterocycles. The van der Waals surface area contributed by atoms with Crippen molar-refractivity contribution in [3.63, 3.8) is 0 Å². The van der Waals surface area contributed by atoms with Gasteiger partial charge in [0.15, 0.2) is 5.65 Å². The summed E-state index contributed by atoms with van der Waals surface area (Å²) in [5.74, 6) is -0.811. The molecule has 24 heavy (non-hydrogen) atoms. The Labute approximate surface area is 138 Å². The molecular weight excluding hydrogens is 308 g/mol. The maximum Gasteiger partial charge on any atom is 0.337 e. The minimum atomic E-state index is -0.460. The molecule has 0 bridgehead atoms. The highest BCUT2D eigenvalue weighted by atomic mass is 16.5. The zero-order valence-electron chi connectivity index (χ0n) is 13.3. The van der Waals surface area contributed by atoms with Crippen LogP contribution in [0.5, 0.6) is 0 Å². The van der Waals surface area contributed by atoms with Crippen LogP contribution in [-0.4, -0.2) is 33.6 Å². The van der Waals surface area contributed by atoms with Gasteiger partial charge in [0.05, 0.1) is 18.9 Å². The standard InChI is InChI=1S/C17H16N4O3/c1-3-13-10-14(20-15-7-8-18-21(13)15)16(22)19-12-6-4-5-11(9-12)17(23)24-2/h4-10H,3H2,1-2H3,(H,19,22). The molecule has 1 N–H and O–H groups in total. The Balaban J connectivity index is 1.89. The van der Waals surface area contributed by atoms with Gasteiger partial charge in [0, 0.05) is 17.4 Å². The molecule has 3 aromatic rings. The summed E-state index contributed by atoms with van der Waals surface area (Å²) in [5.41, 5.74) is 2.66. The van der Waals surface area contributed by atoms with Crippen molar-refractivity contribution in [1.82, 2.24) is 14.6 Å². The summed E-state index contributed by atoms with van der Waals surface area (Å²) in [7, 11) is 1.31. The summed E-state index contributed by atoms with van der Waals surface area (Å²) in [6, 6.07) is 10.00. The molecule has 0 saturated heterocycles. The first-order valence-electron chi connectivity index (χ1n) is 7.45. The Bertz CT molecular complexity index is 917. The number of amides is 1. The van der Waals surface area contributed by atoms with E-state index in [0.717, 1.165) is 12.1 Å². The van der Waals surface area contributed by atoms with Crippen molar-refractivity contribution in [2.45, 2.75) is 13.3 Å². The van der Waals surface area contributed by atoms with Crippen LogP contribution in [0.4, 0.5) is 5.69 Å². The molecule has 7 heteroatoms. The van der Waals surface area contributed by atoms with E-state index in [1.165, 1.54) is 7.11 Å². The number of carbonyl (C=O) groups excluding carboxylic acids is 2. The average molecular weight is 324 g/mol. The van der Waals surface area contributed by atoms with Crippen LogP contribution in [0.25, 0.3) is 5.65 Å². The van der Waals surface area contributed by atoms with E-state index in [2.05, 4.69) is 20.1 Å². The maximum atomic E-state index is 12.5. The number of hydrogen-bond donors (Lipinski definition) is 1. The van der Waals surface area contributed by atoms with Gasteiger partial charge in [0.1, 0.15) is 5.69 Å².